The lowest BCUT2D eigenvalue weighted by Gasteiger charge is -2.38. The Hall–Kier alpha value is -1.51. The van der Waals surface area contributed by atoms with E-state index in [4.69, 9.17) is 0 Å². The van der Waals surface area contributed by atoms with Crippen molar-refractivity contribution in [3.05, 3.63) is 29.3 Å². The molecule has 0 heterocycles. The predicted molar refractivity (Wildman–Crippen MR) is 78.0 cm³/mol. The second-order valence-electron chi connectivity index (χ2n) is 5.77. The Morgan fingerprint density at radius 3 is 2.63 bits per heavy atom. The average Bonchev–Trinajstić information content (AvgIpc) is 2.38. The first kappa shape index (κ1) is 13.9. The van der Waals surface area contributed by atoms with E-state index < -0.39 is 5.97 Å². The number of benzene rings is 1. The number of anilines is 1. The van der Waals surface area contributed by atoms with E-state index in [1.54, 1.807) is 6.07 Å². The first-order valence-corrected chi connectivity index (χ1v) is 7.07. The second kappa shape index (κ2) is 5.64. The van der Waals surface area contributed by atoms with Gasteiger partial charge in [-0.2, -0.15) is 0 Å². The highest BCUT2D eigenvalue weighted by Crippen LogP contribution is 2.32. The van der Waals surface area contributed by atoms with Crippen LogP contribution in [0.15, 0.2) is 18.2 Å². The number of aromatic carboxylic acids is 1. The highest BCUT2D eigenvalue weighted by atomic mass is 16.4. The minimum absolute atomic E-state index is 0.417. The van der Waals surface area contributed by atoms with Crippen LogP contribution in [0.2, 0.25) is 0 Å². The van der Waals surface area contributed by atoms with E-state index in [2.05, 4.69) is 11.8 Å². The number of hydrogen-bond acceptors (Lipinski definition) is 2. The van der Waals surface area contributed by atoms with Crippen LogP contribution in [0.25, 0.3) is 0 Å². The molecule has 2 atom stereocenters. The molecule has 2 unspecified atom stereocenters. The van der Waals surface area contributed by atoms with Gasteiger partial charge in [0, 0.05) is 13.1 Å². The lowest BCUT2D eigenvalue weighted by atomic mass is 9.84. The number of aryl methyl sites for hydroxylation is 1. The van der Waals surface area contributed by atoms with Crippen LogP contribution in [0.1, 0.15) is 48.5 Å². The van der Waals surface area contributed by atoms with Crippen LogP contribution in [0.3, 0.4) is 0 Å². The topological polar surface area (TPSA) is 40.5 Å². The Morgan fingerprint density at radius 1 is 1.32 bits per heavy atom. The van der Waals surface area contributed by atoms with Crippen LogP contribution in [0, 0.1) is 12.8 Å². The number of nitrogens with zero attached hydrogens (tertiary/aromatic N) is 1. The number of hydrogen-bond donors (Lipinski definition) is 1. The molecular weight excluding hydrogens is 238 g/mol. The molecule has 1 saturated carbocycles. The number of carbonyl (C=O) groups is 1. The first-order valence-electron chi connectivity index (χ1n) is 7.07. The molecule has 1 aliphatic rings. The monoisotopic (exact) mass is 261 g/mol. The van der Waals surface area contributed by atoms with Crippen LogP contribution in [0.5, 0.6) is 0 Å². The van der Waals surface area contributed by atoms with Crippen LogP contribution in [-0.2, 0) is 0 Å². The van der Waals surface area contributed by atoms with Crippen molar-refractivity contribution in [2.75, 3.05) is 11.9 Å². The third-order valence-electron chi connectivity index (χ3n) is 4.33. The summed E-state index contributed by atoms with van der Waals surface area (Å²) >= 11 is 0. The Morgan fingerprint density at radius 2 is 2.00 bits per heavy atom. The van der Waals surface area contributed by atoms with E-state index in [0.717, 1.165) is 17.7 Å². The quantitative estimate of drug-likeness (QED) is 0.901. The largest absolute Gasteiger partial charge is 0.478 e. The third-order valence-corrected chi connectivity index (χ3v) is 4.33. The number of carboxylic acid groups (broad SMARTS) is 1. The molecule has 1 N–H and O–H groups in total. The van der Waals surface area contributed by atoms with Crippen LogP contribution >= 0.6 is 0 Å². The van der Waals surface area contributed by atoms with Gasteiger partial charge in [-0.05, 0) is 37.8 Å². The molecule has 0 bridgehead atoms. The van der Waals surface area contributed by atoms with Crippen molar-refractivity contribution in [2.45, 2.75) is 45.6 Å². The van der Waals surface area contributed by atoms with Gasteiger partial charge in [0.05, 0.1) is 11.3 Å². The normalized spacial score (nSPS) is 23.1. The van der Waals surface area contributed by atoms with E-state index >= 15 is 0 Å². The van der Waals surface area contributed by atoms with Crippen molar-refractivity contribution >= 4 is 11.7 Å². The van der Waals surface area contributed by atoms with Gasteiger partial charge < -0.3 is 10.0 Å². The maximum Gasteiger partial charge on any atom is 0.337 e. The minimum Gasteiger partial charge on any atom is -0.478 e. The summed E-state index contributed by atoms with van der Waals surface area (Å²) in [6.45, 7) is 4.20. The van der Waals surface area contributed by atoms with E-state index in [1.807, 2.05) is 26.1 Å². The summed E-state index contributed by atoms with van der Waals surface area (Å²) in [5.74, 6) is -0.212. The maximum atomic E-state index is 11.4. The Balaban J connectivity index is 2.32. The highest BCUT2D eigenvalue weighted by Gasteiger charge is 2.27. The molecule has 0 aliphatic heterocycles. The molecule has 104 valence electrons. The van der Waals surface area contributed by atoms with Crippen LogP contribution in [0.4, 0.5) is 5.69 Å². The molecule has 0 aromatic heterocycles. The van der Waals surface area contributed by atoms with Crippen molar-refractivity contribution < 1.29 is 9.90 Å². The van der Waals surface area contributed by atoms with Crippen molar-refractivity contribution in [3.8, 4) is 0 Å². The fourth-order valence-electron chi connectivity index (χ4n) is 3.18. The zero-order valence-corrected chi connectivity index (χ0v) is 12.0. The van der Waals surface area contributed by atoms with E-state index in [0.29, 0.717) is 17.5 Å². The Labute approximate surface area is 115 Å². The molecular formula is C16H23NO2. The summed E-state index contributed by atoms with van der Waals surface area (Å²) < 4.78 is 0. The van der Waals surface area contributed by atoms with Gasteiger partial charge in [-0.3, -0.25) is 0 Å². The Bertz CT molecular complexity index is 470. The third kappa shape index (κ3) is 2.91. The zero-order valence-electron chi connectivity index (χ0n) is 12.0. The molecule has 19 heavy (non-hydrogen) atoms. The molecule has 3 nitrogen and oxygen atoms in total. The SMILES string of the molecule is Cc1ccc(N(C)C2CCCCC2C)c(C(=O)O)c1. The molecule has 3 heteroatoms. The molecule has 1 fully saturated rings. The average molecular weight is 261 g/mol. The molecule has 1 aromatic rings. The van der Waals surface area contributed by atoms with Gasteiger partial charge in [-0.15, -0.1) is 0 Å². The summed E-state index contributed by atoms with van der Waals surface area (Å²) in [5, 5.41) is 9.38. The fraction of sp³-hybridized carbons (Fsp3) is 0.562. The molecule has 0 radical (unpaired) electrons. The van der Waals surface area contributed by atoms with Gasteiger partial charge in [0.2, 0.25) is 0 Å². The fourth-order valence-corrected chi connectivity index (χ4v) is 3.18. The van der Waals surface area contributed by atoms with E-state index in [1.165, 1.54) is 19.3 Å². The zero-order chi connectivity index (χ0) is 14.0. The van der Waals surface area contributed by atoms with Crippen molar-refractivity contribution in [3.63, 3.8) is 0 Å². The number of carboxylic acids is 1. The highest BCUT2D eigenvalue weighted by molar-refractivity contribution is 5.94. The minimum atomic E-state index is -0.839. The first-order chi connectivity index (χ1) is 9.00. The van der Waals surface area contributed by atoms with Crippen LogP contribution in [-0.4, -0.2) is 24.2 Å². The molecule has 2 rings (SSSR count). The standard InChI is InChI=1S/C16H23NO2/c1-11-8-9-15(13(10-11)16(18)19)17(3)14-7-5-4-6-12(14)2/h8-10,12,14H,4-7H2,1-3H3,(H,18,19). The summed E-state index contributed by atoms with van der Waals surface area (Å²) in [6, 6.07) is 6.16. The Kier molecular flexibility index (Phi) is 4.13. The number of rotatable bonds is 3. The molecule has 1 aromatic carbocycles. The molecule has 0 spiro atoms. The maximum absolute atomic E-state index is 11.4. The summed E-state index contributed by atoms with van der Waals surface area (Å²) in [6.07, 6.45) is 4.94. The van der Waals surface area contributed by atoms with E-state index in [9.17, 15) is 9.90 Å². The molecule has 0 amide bonds. The summed E-state index contributed by atoms with van der Waals surface area (Å²) in [5.41, 5.74) is 2.25. The smallest absolute Gasteiger partial charge is 0.337 e. The predicted octanol–water partition coefficient (Wildman–Crippen LogP) is 3.71. The van der Waals surface area contributed by atoms with Gasteiger partial charge >= 0.3 is 5.97 Å². The van der Waals surface area contributed by atoms with Crippen molar-refractivity contribution in [1.82, 2.24) is 0 Å². The van der Waals surface area contributed by atoms with Gasteiger partial charge in [0.1, 0.15) is 0 Å². The van der Waals surface area contributed by atoms with Gasteiger partial charge in [0.25, 0.3) is 0 Å². The summed E-state index contributed by atoms with van der Waals surface area (Å²) in [7, 11) is 2.03. The summed E-state index contributed by atoms with van der Waals surface area (Å²) in [4.78, 5) is 13.6. The lowest BCUT2D eigenvalue weighted by Crippen LogP contribution is -2.39. The van der Waals surface area contributed by atoms with Gasteiger partial charge in [-0.1, -0.05) is 31.4 Å². The van der Waals surface area contributed by atoms with Gasteiger partial charge in [-0.25, -0.2) is 4.79 Å². The van der Waals surface area contributed by atoms with Crippen molar-refractivity contribution in [2.24, 2.45) is 5.92 Å². The van der Waals surface area contributed by atoms with Crippen LogP contribution < -0.4 is 4.90 Å². The second-order valence-corrected chi connectivity index (χ2v) is 5.77. The van der Waals surface area contributed by atoms with Gasteiger partial charge in [0.15, 0.2) is 0 Å². The van der Waals surface area contributed by atoms with Crippen molar-refractivity contribution in [1.29, 1.82) is 0 Å². The lowest BCUT2D eigenvalue weighted by molar-refractivity contribution is 0.0697. The van der Waals surface area contributed by atoms with E-state index in [-0.39, 0.29) is 0 Å². The molecule has 0 saturated heterocycles. The molecule has 1 aliphatic carbocycles.